The summed E-state index contributed by atoms with van der Waals surface area (Å²) in [5, 5.41) is 10.8. The van der Waals surface area contributed by atoms with E-state index in [1.54, 1.807) is 18.2 Å². The predicted octanol–water partition coefficient (Wildman–Crippen LogP) is 7.69. The minimum Gasteiger partial charge on any atom is -0.497 e. The molecule has 190 valence electrons. The summed E-state index contributed by atoms with van der Waals surface area (Å²) in [7, 11) is 1.39. The van der Waals surface area contributed by atoms with Crippen LogP contribution in [0.3, 0.4) is 0 Å². The molecule has 2 aromatic carbocycles. The first-order chi connectivity index (χ1) is 17.1. The molecule has 3 aromatic rings. The lowest BCUT2D eigenvalue weighted by Crippen LogP contribution is -2.12. The number of alkyl halides is 3. The van der Waals surface area contributed by atoms with E-state index in [2.05, 4.69) is 6.58 Å². The monoisotopic (exact) mass is 520 g/mol. The second-order valence-electron chi connectivity index (χ2n) is 8.69. The van der Waals surface area contributed by atoms with E-state index in [-0.39, 0.29) is 40.5 Å². The van der Waals surface area contributed by atoms with Crippen LogP contribution in [0.4, 0.5) is 17.6 Å². The molecule has 0 bridgehead atoms. The van der Waals surface area contributed by atoms with Crippen LogP contribution in [-0.4, -0.2) is 24.4 Å². The Hall–Kier alpha value is -3.33. The number of methoxy groups -OCH3 is 1. The minimum absolute atomic E-state index is 0.00364. The Balaban J connectivity index is 1.65. The first-order valence-corrected chi connectivity index (χ1v) is 12.1. The van der Waals surface area contributed by atoms with Crippen LogP contribution in [-0.2, 0) is 11.4 Å². The molecule has 1 aliphatic carbocycles. The topological polar surface area (TPSA) is 55.8 Å². The van der Waals surface area contributed by atoms with Gasteiger partial charge in [0.1, 0.15) is 23.9 Å². The summed E-state index contributed by atoms with van der Waals surface area (Å²) < 4.78 is 66.8. The molecule has 1 atom stereocenters. The number of ether oxygens (including phenoxy) is 2. The van der Waals surface area contributed by atoms with Crippen LogP contribution in [0.2, 0.25) is 0 Å². The third-order valence-corrected chi connectivity index (χ3v) is 7.26. The number of halogens is 4. The van der Waals surface area contributed by atoms with E-state index in [4.69, 9.17) is 9.47 Å². The highest BCUT2D eigenvalue weighted by molar-refractivity contribution is 7.14. The van der Waals surface area contributed by atoms with Crippen LogP contribution in [0.25, 0.3) is 16.0 Å². The molecule has 36 heavy (non-hydrogen) atoms. The Morgan fingerprint density at radius 3 is 2.58 bits per heavy atom. The number of hydrogen-bond donors (Lipinski definition) is 1. The molecule has 0 aliphatic heterocycles. The lowest BCUT2D eigenvalue weighted by Gasteiger charge is -2.17. The van der Waals surface area contributed by atoms with Gasteiger partial charge in [-0.3, -0.25) is 4.79 Å². The van der Waals surface area contributed by atoms with Gasteiger partial charge >= 0.3 is 12.1 Å². The molecule has 0 radical (unpaired) electrons. The van der Waals surface area contributed by atoms with E-state index in [1.807, 2.05) is 6.07 Å². The fourth-order valence-corrected chi connectivity index (χ4v) is 5.32. The van der Waals surface area contributed by atoms with Gasteiger partial charge in [-0.25, -0.2) is 4.39 Å². The molecule has 4 nitrogen and oxygen atoms in total. The van der Waals surface area contributed by atoms with Gasteiger partial charge in [0.2, 0.25) is 0 Å². The highest BCUT2D eigenvalue weighted by Gasteiger charge is 2.37. The van der Waals surface area contributed by atoms with Crippen molar-refractivity contribution in [2.75, 3.05) is 7.11 Å². The zero-order chi connectivity index (χ0) is 26.0. The number of thiophene rings is 1. The molecule has 4 rings (SSSR count). The Bertz CT molecular complexity index is 1280. The fraction of sp³-hybridized carbons (Fsp3) is 0.296. The van der Waals surface area contributed by atoms with Crippen molar-refractivity contribution in [3.63, 3.8) is 0 Å². The number of benzene rings is 2. The number of rotatable bonds is 10. The SMILES string of the molecule is C=C(c1c(COc2cccc(C(CC(=O)O)C3CC3)c2)csc1-c1cc(OC)ccc1F)C(F)(F)F. The number of allylic oxidation sites excluding steroid dienone is 1. The summed E-state index contributed by atoms with van der Waals surface area (Å²) in [6.07, 6.45) is -2.80. The summed E-state index contributed by atoms with van der Waals surface area (Å²) in [5.41, 5.74) is -0.300. The van der Waals surface area contributed by atoms with Crippen LogP contribution < -0.4 is 9.47 Å². The molecule has 0 amide bonds. The second-order valence-corrected chi connectivity index (χ2v) is 9.57. The first-order valence-electron chi connectivity index (χ1n) is 11.2. The Kier molecular flexibility index (Phi) is 7.40. The zero-order valence-corrected chi connectivity index (χ0v) is 20.2. The van der Waals surface area contributed by atoms with Crippen molar-refractivity contribution in [2.24, 2.45) is 5.92 Å². The van der Waals surface area contributed by atoms with Crippen molar-refractivity contribution in [3.8, 4) is 21.9 Å². The molecule has 1 fully saturated rings. The summed E-state index contributed by atoms with van der Waals surface area (Å²) in [5.74, 6) is -0.690. The van der Waals surface area contributed by atoms with E-state index in [0.717, 1.165) is 35.8 Å². The molecule has 1 heterocycles. The van der Waals surface area contributed by atoms with Crippen molar-refractivity contribution >= 4 is 22.9 Å². The largest absolute Gasteiger partial charge is 0.497 e. The average molecular weight is 521 g/mol. The standard InChI is InChI=1S/C27H24F4O4S/c1-15(27(29,30)31)25-18(14-36-26(25)22-11-19(34-2)8-9-23(22)28)13-35-20-5-3-4-17(10-20)21(12-24(32)33)16-6-7-16/h3-5,8-11,14,16,21H,1,6-7,12-13H2,2H3,(H,32,33). The number of carboxylic acids is 1. The Labute approximate surface area is 209 Å². The number of carboxylic acid groups (broad SMARTS) is 1. The van der Waals surface area contributed by atoms with Crippen LogP contribution >= 0.6 is 11.3 Å². The normalized spacial score (nSPS) is 14.4. The second kappa shape index (κ2) is 10.3. The van der Waals surface area contributed by atoms with E-state index in [9.17, 15) is 27.5 Å². The molecule has 9 heteroatoms. The van der Waals surface area contributed by atoms with Crippen LogP contribution in [0, 0.1) is 11.7 Å². The van der Waals surface area contributed by atoms with Gasteiger partial charge in [-0.05, 0) is 66.0 Å². The van der Waals surface area contributed by atoms with Gasteiger partial charge < -0.3 is 14.6 Å². The number of aliphatic carboxylic acids is 1. The van der Waals surface area contributed by atoms with E-state index >= 15 is 0 Å². The van der Waals surface area contributed by atoms with Crippen LogP contribution in [0.1, 0.15) is 41.9 Å². The average Bonchev–Trinajstić information content (AvgIpc) is 3.59. The van der Waals surface area contributed by atoms with Crippen LogP contribution in [0.15, 0.2) is 54.4 Å². The van der Waals surface area contributed by atoms with Gasteiger partial charge in [0, 0.05) is 21.6 Å². The summed E-state index contributed by atoms with van der Waals surface area (Å²) in [4.78, 5) is 11.4. The molecule has 0 spiro atoms. The van der Waals surface area contributed by atoms with Crippen molar-refractivity contribution < 1.29 is 36.9 Å². The highest BCUT2D eigenvalue weighted by Crippen LogP contribution is 2.46. The lowest BCUT2D eigenvalue weighted by atomic mass is 9.91. The fourth-order valence-electron chi connectivity index (χ4n) is 4.22. The highest BCUT2D eigenvalue weighted by atomic mass is 32.1. The lowest BCUT2D eigenvalue weighted by molar-refractivity contribution is -0.137. The van der Waals surface area contributed by atoms with Crippen molar-refractivity contribution in [2.45, 2.75) is 38.0 Å². The quantitative estimate of drug-likeness (QED) is 0.279. The molecule has 1 unspecified atom stereocenters. The van der Waals surface area contributed by atoms with Gasteiger partial charge in [-0.1, -0.05) is 18.7 Å². The number of hydrogen-bond acceptors (Lipinski definition) is 4. The van der Waals surface area contributed by atoms with Crippen LogP contribution in [0.5, 0.6) is 11.5 Å². The summed E-state index contributed by atoms with van der Waals surface area (Å²) in [6, 6.07) is 10.9. The molecule has 1 N–H and O–H groups in total. The Morgan fingerprint density at radius 1 is 1.19 bits per heavy atom. The van der Waals surface area contributed by atoms with Gasteiger partial charge in [-0.2, -0.15) is 13.2 Å². The predicted molar refractivity (Wildman–Crippen MR) is 130 cm³/mol. The van der Waals surface area contributed by atoms with E-state index in [1.165, 1.54) is 24.6 Å². The summed E-state index contributed by atoms with van der Waals surface area (Å²) in [6.45, 7) is 3.05. The molecule has 0 saturated heterocycles. The Morgan fingerprint density at radius 2 is 1.94 bits per heavy atom. The summed E-state index contributed by atoms with van der Waals surface area (Å²) >= 11 is 0.968. The van der Waals surface area contributed by atoms with E-state index in [0.29, 0.717) is 17.4 Å². The maximum absolute atomic E-state index is 14.6. The van der Waals surface area contributed by atoms with Crippen molar-refractivity contribution in [1.82, 2.24) is 0 Å². The molecular formula is C27H24F4O4S. The third-order valence-electron chi connectivity index (χ3n) is 6.20. The smallest absolute Gasteiger partial charge is 0.416 e. The van der Waals surface area contributed by atoms with Gasteiger partial charge in [-0.15, -0.1) is 11.3 Å². The van der Waals surface area contributed by atoms with E-state index < -0.39 is 23.5 Å². The zero-order valence-electron chi connectivity index (χ0n) is 19.4. The number of carbonyl (C=O) groups is 1. The van der Waals surface area contributed by atoms with Crippen molar-refractivity contribution in [3.05, 3.63) is 76.9 Å². The third kappa shape index (κ3) is 5.73. The molecule has 1 aliphatic rings. The van der Waals surface area contributed by atoms with Gasteiger partial charge in [0.15, 0.2) is 0 Å². The van der Waals surface area contributed by atoms with Crippen molar-refractivity contribution in [1.29, 1.82) is 0 Å². The van der Waals surface area contributed by atoms with Gasteiger partial charge in [0.25, 0.3) is 0 Å². The maximum atomic E-state index is 14.6. The molecule has 1 saturated carbocycles. The minimum atomic E-state index is -4.73. The first kappa shape index (κ1) is 25.8. The maximum Gasteiger partial charge on any atom is 0.416 e. The molecular weight excluding hydrogens is 496 g/mol. The van der Waals surface area contributed by atoms with Gasteiger partial charge in [0.05, 0.1) is 19.1 Å². The molecule has 1 aromatic heterocycles.